The molecule has 4 nitrogen and oxygen atoms in total. The van der Waals surface area contributed by atoms with Crippen LogP contribution in [0.15, 0.2) is 36.4 Å². The summed E-state index contributed by atoms with van der Waals surface area (Å²) in [4.78, 5) is 18.2. The zero-order valence-electron chi connectivity index (χ0n) is 14.5. The van der Waals surface area contributed by atoms with Crippen LogP contribution in [0.4, 0.5) is 13.2 Å². The van der Waals surface area contributed by atoms with Crippen LogP contribution in [-0.4, -0.2) is 29.4 Å². The molecule has 1 aliphatic heterocycles. The molecule has 0 radical (unpaired) electrons. The Morgan fingerprint density at radius 1 is 1.27 bits per heavy atom. The molecule has 1 atom stereocenters. The minimum atomic E-state index is -4.52. The van der Waals surface area contributed by atoms with Crippen LogP contribution < -0.4 is 4.74 Å². The molecule has 0 spiro atoms. The van der Waals surface area contributed by atoms with E-state index in [1.807, 2.05) is 24.3 Å². The van der Waals surface area contributed by atoms with Crippen molar-refractivity contribution in [2.75, 3.05) is 13.7 Å². The van der Waals surface area contributed by atoms with Crippen molar-refractivity contribution >= 4 is 5.91 Å². The molecule has 0 saturated carbocycles. The van der Waals surface area contributed by atoms with Crippen molar-refractivity contribution in [3.8, 4) is 5.75 Å². The molecule has 3 rings (SSSR count). The van der Waals surface area contributed by atoms with Gasteiger partial charge in [0, 0.05) is 6.54 Å². The molecule has 2 heterocycles. The van der Waals surface area contributed by atoms with E-state index in [2.05, 4.69) is 4.98 Å². The lowest BCUT2D eigenvalue weighted by atomic mass is 10.0. The number of nitrogens with zero attached hydrogens (tertiary/aromatic N) is 2. The number of aromatic nitrogens is 1. The van der Waals surface area contributed by atoms with Gasteiger partial charge in [0.15, 0.2) is 0 Å². The number of benzene rings is 1. The van der Waals surface area contributed by atoms with Gasteiger partial charge in [-0.05, 0) is 49.6 Å². The number of halogens is 3. The monoisotopic (exact) mass is 364 g/mol. The molecule has 26 heavy (non-hydrogen) atoms. The predicted octanol–water partition coefficient (Wildman–Crippen LogP) is 4.39. The SMILES string of the molecule is COc1cccc(C2CCCN2C(=O)c2ccc(C(F)(F)F)nc2C)c1. The maximum Gasteiger partial charge on any atom is 0.433 e. The molecule has 138 valence electrons. The molecule has 1 fully saturated rings. The lowest BCUT2D eigenvalue weighted by molar-refractivity contribution is -0.141. The topological polar surface area (TPSA) is 42.4 Å². The van der Waals surface area contributed by atoms with Gasteiger partial charge in [-0.2, -0.15) is 13.2 Å². The summed E-state index contributed by atoms with van der Waals surface area (Å²) < 4.78 is 43.6. The Labute approximate surface area is 149 Å². The summed E-state index contributed by atoms with van der Waals surface area (Å²) in [6, 6.07) is 9.45. The van der Waals surface area contributed by atoms with Gasteiger partial charge in [-0.15, -0.1) is 0 Å². The summed E-state index contributed by atoms with van der Waals surface area (Å²) in [7, 11) is 1.58. The number of likely N-dealkylation sites (tertiary alicyclic amines) is 1. The molecule has 1 unspecified atom stereocenters. The Bertz CT molecular complexity index is 821. The summed E-state index contributed by atoms with van der Waals surface area (Å²) >= 11 is 0. The van der Waals surface area contributed by atoms with Crippen LogP contribution in [-0.2, 0) is 6.18 Å². The van der Waals surface area contributed by atoms with Crippen LogP contribution in [0.5, 0.6) is 5.75 Å². The molecule has 1 saturated heterocycles. The number of methoxy groups -OCH3 is 1. The number of alkyl halides is 3. The first kappa shape index (κ1) is 18.2. The molecule has 1 amide bonds. The van der Waals surface area contributed by atoms with Crippen LogP contribution in [0.1, 0.15) is 46.2 Å². The van der Waals surface area contributed by atoms with E-state index in [1.165, 1.54) is 13.0 Å². The summed E-state index contributed by atoms with van der Waals surface area (Å²) in [5.41, 5.74) is 0.249. The summed E-state index contributed by atoms with van der Waals surface area (Å²) in [5, 5.41) is 0. The average molecular weight is 364 g/mol. The lowest BCUT2D eigenvalue weighted by Crippen LogP contribution is -2.31. The first-order valence-electron chi connectivity index (χ1n) is 8.31. The Morgan fingerprint density at radius 3 is 2.69 bits per heavy atom. The number of hydrogen-bond acceptors (Lipinski definition) is 3. The van der Waals surface area contributed by atoms with E-state index >= 15 is 0 Å². The normalized spacial score (nSPS) is 17.4. The first-order chi connectivity index (χ1) is 12.3. The predicted molar refractivity (Wildman–Crippen MR) is 90.0 cm³/mol. The van der Waals surface area contributed by atoms with Crippen molar-refractivity contribution in [1.82, 2.24) is 9.88 Å². The molecule has 2 aromatic rings. The van der Waals surface area contributed by atoms with Crippen molar-refractivity contribution in [2.45, 2.75) is 32.0 Å². The summed E-state index contributed by atoms with van der Waals surface area (Å²) in [5.74, 6) is 0.406. The van der Waals surface area contributed by atoms with Crippen LogP contribution >= 0.6 is 0 Å². The highest BCUT2D eigenvalue weighted by Gasteiger charge is 2.35. The zero-order chi connectivity index (χ0) is 18.9. The third-order valence-corrected chi connectivity index (χ3v) is 4.60. The minimum absolute atomic E-state index is 0.0844. The van der Waals surface area contributed by atoms with E-state index < -0.39 is 11.9 Å². The van der Waals surface area contributed by atoms with E-state index in [1.54, 1.807) is 12.0 Å². The van der Waals surface area contributed by atoms with Gasteiger partial charge in [-0.25, -0.2) is 4.98 Å². The van der Waals surface area contributed by atoms with Crippen molar-refractivity contribution in [3.63, 3.8) is 0 Å². The highest BCUT2D eigenvalue weighted by Crippen LogP contribution is 2.35. The van der Waals surface area contributed by atoms with E-state index in [0.29, 0.717) is 12.3 Å². The summed E-state index contributed by atoms with van der Waals surface area (Å²) in [6.45, 7) is 1.99. The molecular weight excluding hydrogens is 345 g/mol. The van der Waals surface area contributed by atoms with Crippen LogP contribution in [0.25, 0.3) is 0 Å². The number of hydrogen-bond donors (Lipinski definition) is 0. The van der Waals surface area contributed by atoms with Gasteiger partial charge >= 0.3 is 6.18 Å². The molecular formula is C19H19F3N2O2. The summed E-state index contributed by atoms with van der Waals surface area (Å²) in [6.07, 6.45) is -2.89. The van der Waals surface area contributed by atoms with Crippen molar-refractivity contribution in [2.24, 2.45) is 0 Å². The van der Waals surface area contributed by atoms with E-state index in [0.717, 1.165) is 24.5 Å². The zero-order valence-corrected chi connectivity index (χ0v) is 14.5. The van der Waals surface area contributed by atoms with Crippen LogP contribution in [0.2, 0.25) is 0 Å². The lowest BCUT2D eigenvalue weighted by Gasteiger charge is -2.26. The molecule has 7 heteroatoms. The number of carbonyl (C=O) groups excluding carboxylic acids is 1. The van der Waals surface area contributed by atoms with Gasteiger partial charge in [0.1, 0.15) is 11.4 Å². The van der Waals surface area contributed by atoms with E-state index in [9.17, 15) is 18.0 Å². The molecule has 0 aliphatic carbocycles. The van der Waals surface area contributed by atoms with Crippen LogP contribution in [0, 0.1) is 6.92 Å². The maximum absolute atomic E-state index is 12.9. The number of amides is 1. The third kappa shape index (κ3) is 3.52. The number of aryl methyl sites for hydroxylation is 1. The largest absolute Gasteiger partial charge is 0.497 e. The fourth-order valence-electron chi connectivity index (χ4n) is 3.30. The van der Waals surface area contributed by atoms with E-state index in [-0.39, 0.29) is 23.2 Å². The smallest absolute Gasteiger partial charge is 0.433 e. The highest BCUT2D eigenvalue weighted by molar-refractivity contribution is 5.95. The minimum Gasteiger partial charge on any atom is -0.497 e. The van der Waals surface area contributed by atoms with Crippen molar-refractivity contribution in [3.05, 3.63) is 58.9 Å². The van der Waals surface area contributed by atoms with Gasteiger partial charge < -0.3 is 9.64 Å². The van der Waals surface area contributed by atoms with Gasteiger partial charge in [0.2, 0.25) is 0 Å². The fraction of sp³-hybridized carbons (Fsp3) is 0.368. The number of carbonyl (C=O) groups is 1. The molecule has 1 aromatic heterocycles. The second-order valence-electron chi connectivity index (χ2n) is 6.26. The quantitative estimate of drug-likeness (QED) is 0.811. The Kier molecular flexibility index (Phi) is 4.89. The van der Waals surface area contributed by atoms with Gasteiger partial charge in [-0.3, -0.25) is 4.79 Å². The Balaban J connectivity index is 1.89. The average Bonchev–Trinajstić information content (AvgIpc) is 3.10. The van der Waals surface area contributed by atoms with E-state index in [4.69, 9.17) is 4.74 Å². The van der Waals surface area contributed by atoms with Crippen molar-refractivity contribution < 1.29 is 22.7 Å². The maximum atomic E-state index is 12.9. The van der Waals surface area contributed by atoms with Crippen molar-refractivity contribution in [1.29, 1.82) is 0 Å². The molecule has 1 aliphatic rings. The van der Waals surface area contributed by atoms with Gasteiger partial charge in [-0.1, -0.05) is 12.1 Å². The number of pyridine rings is 1. The first-order valence-corrected chi connectivity index (χ1v) is 8.31. The molecule has 0 bridgehead atoms. The van der Waals surface area contributed by atoms with Crippen LogP contribution in [0.3, 0.4) is 0 Å². The standard InChI is InChI=1S/C19H19F3N2O2/c1-12-15(8-9-17(23-12)19(20,21)22)18(25)24-10-4-7-16(24)13-5-3-6-14(11-13)26-2/h3,5-6,8-9,11,16H,4,7,10H2,1-2H3. The second kappa shape index (κ2) is 6.97. The van der Waals surface area contributed by atoms with Gasteiger partial charge in [0.25, 0.3) is 5.91 Å². The molecule has 0 N–H and O–H groups in total. The fourth-order valence-corrected chi connectivity index (χ4v) is 3.30. The second-order valence-corrected chi connectivity index (χ2v) is 6.26. The third-order valence-electron chi connectivity index (χ3n) is 4.60. The number of ether oxygens (including phenoxy) is 1. The number of rotatable bonds is 3. The van der Waals surface area contributed by atoms with Gasteiger partial charge in [0.05, 0.1) is 24.4 Å². The Morgan fingerprint density at radius 2 is 2.04 bits per heavy atom. The molecule has 1 aromatic carbocycles. The Hall–Kier alpha value is -2.57. The highest BCUT2D eigenvalue weighted by atomic mass is 19.4.